The lowest BCUT2D eigenvalue weighted by Crippen LogP contribution is -2.48. The highest BCUT2D eigenvalue weighted by molar-refractivity contribution is 6.24. The van der Waals surface area contributed by atoms with Crippen LogP contribution in [0.1, 0.15) is 37.2 Å². The molecule has 2 saturated heterocycles. The SMILES string of the molecule is CN1C(=O)[C@H]2[C@H](CC=C3[C@H]2C[C@H]2C(=O)N(c4ccccc4)C(=O)[C@@]2(C)[C@H]3c2ccc(CO)o2)C1=O. The summed E-state index contributed by atoms with van der Waals surface area (Å²) in [6.45, 7) is 1.52. The Morgan fingerprint density at radius 1 is 1.00 bits per heavy atom. The van der Waals surface area contributed by atoms with E-state index in [0.717, 1.165) is 5.57 Å². The molecule has 4 aliphatic rings. The molecule has 8 nitrogen and oxygen atoms in total. The van der Waals surface area contributed by atoms with Gasteiger partial charge in [0.1, 0.15) is 18.1 Å². The summed E-state index contributed by atoms with van der Waals surface area (Å²) in [6.07, 6.45) is 2.70. The molecule has 1 aromatic heterocycles. The van der Waals surface area contributed by atoms with Crippen molar-refractivity contribution in [3.63, 3.8) is 0 Å². The lowest BCUT2D eigenvalue weighted by atomic mass is 9.52. The van der Waals surface area contributed by atoms with Gasteiger partial charge in [-0.3, -0.25) is 24.1 Å². The number of aliphatic hydroxyl groups excluding tert-OH is 1. The number of hydrogen-bond acceptors (Lipinski definition) is 6. The maximum atomic E-state index is 14.1. The largest absolute Gasteiger partial charge is 0.463 e. The van der Waals surface area contributed by atoms with E-state index >= 15 is 0 Å². The van der Waals surface area contributed by atoms with Crippen LogP contribution in [0.25, 0.3) is 0 Å². The van der Waals surface area contributed by atoms with E-state index < -0.39 is 29.1 Å². The first-order valence-corrected chi connectivity index (χ1v) is 11.9. The van der Waals surface area contributed by atoms with Gasteiger partial charge in [0.15, 0.2) is 0 Å². The van der Waals surface area contributed by atoms with Gasteiger partial charge in [-0.05, 0) is 49.9 Å². The average molecular weight is 475 g/mol. The van der Waals surface area contributed by atoms with Gasteiger partial charge in [0.25, 0.3) is 0 Å². The van der Waals surface area contributed by atoms with Crippen LogP contribution in [0.3, 0.4) is 0 Å². The van der Waals surface area contributed by atoms with Crippen LogP contribution >= 0.6 is 0 Å². The van der Waals surface area contributed by atoms with Gasteiger partial charge < -0.3 is 9.52 Å². The van der Waals surface area contributed by atoms with E-state index in [2.05, 4.69) is 0 Å². The number of para-hydroxylation sites is 1. The van der Waals surface area contributed by atoms with Crippen molar-refractivity contribution in [3.05, 3.63) is 65.6 Å². The lowest BCUT2D eigenvalue weighted by molar-refractivity contribution is -0.139. The van der Waals surface area contributed by atoms with Gasteiger partial charge in [0.2, 0.25) is 23.6 Å². The number of carbonyl (C=O) groups excluding carboxylic acids is 4. The highest BCUT2D eigenvalue weighted by Crippen LogP contribution is 2.63. The fourth-order valence-electron chi connectivity index (χ4n) is 6.93. The van der Waals surface area contributed by atoms with Crippen molar-refractivity contribution in [2.45, 2.75) is 32.3 Å². The van der Waals surface area contributed by atoms with Crippen molar-refractivity contribution in [2.24, 2.45) is 29.1 Å². The summed E-state index contributed by atoms with van der Waals surface area (Å²) in [6, 6.07) is 12.3. The number of benzene rings is 1. The highest BCUT2D eigenvalue weighted by atomic mass is 16.4. The predicted octanol–water partition coefficient (Wildman–Crippen LogP) is 2.63. The molecule has 180 valence electrons. The van der Waals surface area contributed by atoms with Gasteiger partial charge in [-0.1, -0.05) is 29.8 Å². The first-order valence-electron chi connectivity index (χ1n) is 11.9. The number of aliphatic hydroxyl groups is 1. The third-order valence-electron chi connectivity index (χ3n) is 8.63. The van der Waals surface area contributed by atoms with Gasteiger partial charge in [-0.2, -0.15) is 0 Å². The Bertz CT molecular complexity index is 1300. The minimum atomic E-state index is -1.13. The van der Waals surface area contributed by atoms with Crippen LogP contribution in [0.5, 0.6) is 0 Å². The Balaban J connectivity index is 1.53. The quantitative estimate of drug-likeness (QED) is 0.541. The Morgan fingerprint density at radius 2 is 1.74 bits per heavy atom. The molecule has 1 saturated carbocycles. The summed E-state index contributed by atoms with van der Waals surface area (Å²) in [5.74, 6) is -2.82. The van der Waals surface area contributed by atoms with Crippen molar-refractivity contribution >= 4 is 29.3 Å². The van der Waals surface area contributed by atoms with Crippen LogP contribution < -0.4 is 4.90 Å². The highest BCUT2D eigenvalue weighted by Gasteiger charge is 2.68. The second-order valence-corrected chi connectivity index (χ2v) is 10.2. The molecule has 6 atom stereocenters. The number of fused-ring (bicyclic) bond motifs is 4. The second kappa shape index (κ2) is 7.49. The molecule has 4 amide bonds. The molecule has 3 heterocycles. The van der Waals surface area contributed by atoms with Crippen molar-refractivity contribution in [1.29, 1.82) is 0 Å². The molecule has 0 spiro atoms. The van der Waals surface area contributed by atoms with Crippen LogP contribution in [0.2, 0.25) is 0 Å². The molecule has 1 N–H and O–H groups in total. The lowest BCUT2D eigenvalue weighted by Gasteiger charge is -2.48. The number of furan rings is 1. The van der Waals surface area contributed by atoms with E-state index in [1.54, 1.807) is 36.4 Å². The van der Waals surface area contributed by atoms with Crippen molar-refractivity contribution in [2.75, 3.05) is 11.9 Å². The monoisotopic (exact) mass is 474 g/mol. The first-order chi connectivity index (χ1) is 16.8. The number of imide groups is 2. The summed E-state index contributed by atoms with van der Waals surface area (Å²) >= 11 is 0. The molecule has 8 heteroatoms. The van der Waals surface area contributed by atoms with Crippen LogP contribution in [0.15, 0.2) is 58.5 Å². The van der Waals surface area contributed by atoms with Crippen molar-refractivity contribution in [1.82, 2.24) is 4.90 Å². The van der Waals surface area contributed by atoms with Crippen molar-refractivity contribution < 1.29 is 28.7 Å². The van der Waals surface area contributed by atoms with Gasteiger partial charge in [-0.15, -0.1) is 0 Å². The van der Waals surface area contributed by atoms with Gasteiger partial charge in [0.05, 0.1) is 34.8 Å². The van der Waals surface area contributed by atoms with Crippen LogP contribution in [0, 0.1) is 29.1 Å². The van der Waals surface area contributed by atoms with E-state index in [4.69, 9.17) is 4.42 Å². The van der Waals surface area contributed by atoms with E-state index in [0.29, 0.717) is 30.0 Å². The molecule has 2 aliphatic carbocycles. The maximum absolute atomic E-state index is 14.1. The Morgan fingerprint density at radius 3 is 2.43 bits per heavy atom. The summed E-state index contributed by atoms with van der Waals surface area (Å²) in [7, 11) is 1.51. The number of likely N-dealkylation sites (tertiary alicyclic amines) is 1. The molecule has 2 aromatic rings. The molecule has 1 aromatic carbocycles. The third kappa shape index (κ3) is 2.77. The summed E-state index contributed by atoms with van der Waals surface area (Å²) in [5.41, 5.74) is 0.245. The molecular weight excluding hydrogens is 448 g/mol. The number of rotatable bonds is 3. The number of hydrogen-bond donors (Lipinski definition) is 1. The summed E-state index contributed by atoms with van der Waals surface area (Å²) in [5, 5.41) is 9.61. The molecule has 3 fully saturated rings. The number of allylic oxidation sites excluding steroid dienone is 2. The minimum absolute atomic E-state index is 0.194. The Labute approximate surface area is 202 Å². The van der Waals surface area contributed by atoms with E-state index in [-0.39, 0.29) is 36.2 Å². The topological polar surface area (TPSA) is 108 Å². The second-order valence-electron chi connectivity index (χ2n) is 10.2. The van der Waals surface area contributed by atoms with E-state index in [9.17, 15) is 24.3 Å². The van der Waals surface area contributed by atoms with Gasteiger partial charge in [-0.25, -0.2) is 4.90 Å². The molecular formula is C27H26N2O6. The number of anilines is 1. The fourth-order valence-corrected chi connectivity index (χ4v) is 6.93. The zero-order valence-corrected chi connectivity index (χ0v) is 19.5. The summed E-state index contributed by atoms with van der Waals surface area (Å²) < 4.78 is 5.96. The van der Waals surface area contributed by atoms with Crippen LogP contribution in [-0.4, -0.2) is 40.7 Å². The zero-order valence-electron chi connectivity index (χ0n) is 19.5. The Hall–Kier alpha value is -3.52. The van der Waals surface area contributed by atoms with Crippen molar-refractivity contribution in [3.8, 4) is 0 Å². The fraction of sp³-hybridized carbons (Fsp3) is 0.407. The normalized spacial score (nSPS) is 34.1. The number of carbonyl (C=O) groups is 4. The molecule has 0 bridgehead atoms. The zero-order chi connectivity index (χ0) is 24.6. The summed E-state index contributed by atoms with van der Waals surface area (Å²) in [4.78, 5) is 56.3. The van der Waals surface area contributed by atoms with Crippen LogP contribution in [0.4, 0.5) is 5.69 Å². The van der Waals surface area contributed by atoms with Crippen LogP contribution in [-0.2, 0) is 25.8 Å². The molecule has 0 unspecified atom stereocenters. The van der Waals surface area contributed by atoms with Gasteiger partial charge >= 0.3 is 0 Å². The molecule has 0 radical (unpaired) electrons. The van der Waals surface area contributed by atoms with Gasteiger partial charge in [0, 0.05) is 7.05 Å². The van der Waals surface area contributed by atoms with E-state index in [1.165, 1.54) is 16.8 Å². The molecule has 6 rings (SSSR count). The molecule has 35 heavy (non-hydrogen) atoms. The average Bonchev–Trinajstić information content (AvgIpc) is 3.48. The standard InChI is InChI=1S/C27H26N2O6/c1-27-19(24(32)29(26(27)34)14-6-4-3-5-7-14)12-18-16(22(27)20-11-8-15(13-30)35-20)9-10-17-21(18)25(33)28(2)23(17)31/h3-9,11,17-19,21-22,30H,10,12-13H2,1-2H3/t17-,18+,19-,21-,22+,27+/m0/s1. The first kappa shape index (κ1) is 22.0. The minimum Gasteiger partial charge on any atom is -0.463 e. The smallest absolute Gasteiger partial charge is 0.241 e. The Kier molecular flexibility index (Phi) is 4.70. The maximum Gasteiger partial charge on any atom is 0.241 e. The number of amides is 4. The number of nitrogens with zero attached hydrogens (tertiary/aromatic N) is 2. The third-order valence-corrected chi connectivity index (χ3v) is 8.63. The predicted molar refractivity (Wildman–Crippen MR) is 123 cm³/mol. The van der Waals surface area contributed by atoms with E-state index in [1.807, 2.05) is 19.1 Å². The molecule has 2 aliphatic heterocycles.